The van der Waals surface area contributed by atoms with E-state index in [0.29, 0.717) is 28.1 Å². The third kappa shape index (κ3) is 4.71. The van der Waals surface area contributed by atoms with Crippen molar-refractivity contribution >= 4 is 29.3 Å². The smallest absolute Gasteiger partial charge is 0.355 e. The highest BCUT2D eigenvalue weighted by atomic mass is 16.5. The van der Waals surface area contributed by atoms with Gasteiger partial charge < -0.3 is 20.4 Å². The summed E-state index contributed by atoms with van der Waals surface area (Å²) in [6.07, 6.45) is 1.92. The summed E-state index contributed by atoms with van der Waals surface area (Å²) in [6.45, 7) is 4.23. The standard InChI is InChI=1S/C21H23N3O5/c1-11-18(13(3)25)12(2)22-19(11)21(28)29-10-17(26)24-16-7-5-4-6-15(16)20(27)23-14-8-9-14/h4-7,14,22H,8-10H2,1-3H3,(H,23,27)(H,24,26). The van der Waals surface area contributed by atoms with Gasteiger partial charge in [0.15, 0.2) is 12.4 Å². The molecule has 1 aliphatic carbocycles. The molecule has 1 fully saturated rings. The third-order valence-corrected chi connectivity index (χ3v) is 4.69. The SMILES string of the molecule is CC(=O)c1c(C)[nH]c(C(=O)OCC(=O)Nc2ccccc2C(=O)NC2CC2)c1C. The fraction of sp³-hybridized carbons (Fsp3) is 0.333. The number of Topliss-reactive ketones (excluding diaryl/α,β-unsaturated/α-hetero) is 1. The summed E-state index contributed by atoms with van der Waals surface area (Å²) < 4.78 is 5.07. The molecular formula is C21H23N3O5. The monoisotopic (exact) mass is 397 g/mol. The molecule has 1 aromatic heterocycles. The summed E-state index contributed by atoms with van der Waals surface area (Å²) in [4.78, 5) is 51.4. The second kappa shape index (κ2) is 8.30. The summed E-state index contributed by atoms with van der Waals surface area (Å²) >= 11 is 0. The van der Waals surface area contributed by atoms with Crippen molar-refractivity contribution in [3.05, 3.63) is 52.3 Å². The lowest BCUT2D eigenvalue weighted by molar-refractivity contribution is -0.119. The van der Waals surface area contributed by atoms with Crippen molar-refractivity contribution in [2.45, 2.75) is 39.7 Å². The molecule has 0 atom stereocenters. The van der Waals surface area contributed by atoms with Crippen LogP contribution in [0.2, 0.25) is 0 Å². The number of ether oxygens (including phenoxy) is 1. The summed E-state index contributed by atoms with van der Waals surface area (Å²) in [5.41, 5.74) is 2.34. The first-order valence-corrected chi connectivity index (χ1v) is 9.35. The Morgan fingerprint density at radius 1 is 1.14 bits per heavy atom. The van der Waals surface area contributed by atoms with E-state index in [-0.39, 0.29) is 23.4 Å². The summed E-state index contributed by atoms with van der Waals surface area (Å²) in [6, 6.07) is 6.83. The predicted molar refractivity (Wildman–Crippen MR) is 106 cm³/mol. The molecule has 8 nitrogen and oxygen atoms in total. The van der Waals surface area contributed by atoms with Crippen molar-refractivity contribution < 1.29 is 23.9 Å². The van der Waals surface area contributed by atoms with Gasteiger partial charge in [-0.25, -0.2) is 4.79 Å². The van der Waals surface area contributed by atoms with Gasteiger partial charge in [-0.05, 0) is 51.3 Å². The quantitative estimate of drug-likeness (QED) is 0.490. The number of aromatic amines is 1. The predicted octanol–water partition coefficient (Wildman–Crippen LogP) is 2.52. The van der Waals surface area contributed by atoms with Gasteiger partial charge in [-0.15, -0.1) is 0 Å². The second-order valence-corrected chi connectivity index (χ2v) is 7.10. The molecule has 1 aliphatic rings. The Labute approximate surface area is 168 Å². The highest BCUT2D eigenvalue weighted by molar-refractivity contribution is 6.05. The number of para-hydroxylation sites is 1. The highest BCUT2D eigenvalue weighted by Crippen LogP contribution is 2.22. The molecule has 1 aromatic carbocycles. The number of esters is 1. The van der Waals surface area contributed by atoms with E-state index in [1.807, 2.05) is 0 Å². The van der Waals surface area contributed by atoms with Crippen LogP contribution >= 0.6 is 0 Å². The fourth-order valence-corrected chi connectivity index (χ4v) is 3.15. The van der Waals surface area contributed by atoms with Crippen LogP contribution in [0.1, 0.15) is 62.2 Å². The zero-order valence-electron chi connectivity index (χ0n) is 16.5. The van der Waals surface area contributed by atoms with Crippen molar-refractivity contribution in [3.63, 3.8) is 0 Å². The first-order chi connectivity index (χ1) is 13.8. The number of aryl methyl sites for hydroxylation is 1. The Balaban J connectivity index is 1.62. The van der Waals surface area contributed by atoms with E-state index in [1.165, 1.54) is 6.92 Å². The lowest BCUT2D eigenvalue weighted by Gasteiger charge is -2.11. The van der Waals surface area contributed by atoms with Gasteiger partial charge in [-0.3, -0.25) is 14.4 Å². The van der Waals surface area contributed by atoms with Gasteiger partial charge in [0.1, 0.15) is 5.69 Å². The van der Waals surface area contributed by atoms with Crippen molar-refractivity contribution in [2.75, 3.05) is 11.9 Å². The van der Waals surface area contributed by atoms with Crippen LogP contribution in [0, 0.1) is 13.8 Å². The Bertz CT molecular complexity index is 988. The summed E-state index contributed by atoms with van der Waals surface area (Å²) in [5, 5.41) is 5.47. The average molecular weight is 397 g/mol. The number of aromatic nitrogens is 1. The number of rotatable bonds is 7. The number of hydrogen-bond donors (Lipinski definition) is 3. The number of benzene rings is 1. The van der Waals surface area contributed by atoms with E-state index in [1.54, 1.807) is 38.1 Å². The average Bonchev–Trinajstić information content (AvgIpc) is 3.42. The lowest BCUT2D eigenvalue weighted by Crippen LogP contribution is -2.28. The molecule has 1 saturated carbocycles. The molecule has 8 heteroatoms. The van der Waals surface area contributed by atoms with E-state index in [0.717, 1.165) is 12.8 Å². The fourth-order valence-electron chi connectivity index (χ4n) is 3.15. The lowest BCUT2D eigenvalue weighted by atomic mass is 10.1. The van der Waals surface area contributed by atoms with Crippen LogP contribution in [0.5, 0.6) is 0 Å². The molecule has 3 rings (SSSR count). The Morgan fingerprint density at radius 2 is 1.83 bits per heavy atom. The topological polar surface area (TPSA) is 117 Å². The number of H-pyrrole nitrogens is 1. The maximum Gasteiger partial charge on any atom is 0.355 e. The Morgan fingerprint density at radius 3 is 2.45 bits per heavy atom. The minimum absolute atomic E-state index is 0.143. The molecule has 29 heavy (non-hydrogen) atoms. The van der Waals surface area contributed by atoms with Gasteiger partial charge in [0, 0.05) is 17.3 Å². The molecule has 0 bridgehead atoms. The Hall–Kier alpha value is -3.42. The maximum absolute atomic E-state index is 12.3. The number of anilines is 1. The molecule has 1 heterocycles. The molecule has 0 spiro atoms. The highest BCUT2D eigenvalue weighted by Gasteiger charge is 2.25. The minimum Gasteiger partial charge on any atom is -0.451 e. The van der Waals surface area contributed by atoms with Crippen molar-refractivity contribution in [1.29, 1.82) is 0 Å². The van der Waals surface area contributed by atoms with Crippen molar-refractivity contribution in [3.8, 4) is 0 Å². The van der Waals surface area contributed by atoms with Gasteiger partial charge >= 0.3 is 5.97 Å². The summed E-state index contributed by atoms with van der Waals surface area (Å²) in [7, 11) is 0. The molecule has 0 unspecified atom stereocenters. The first kappa shape index (κ1) is 20.3. The van der Waals surface area contributed by atoms with E-state index < -0.39 is 18.5 Å². The van der Waals surface area contributed by atoms with Crippen LogP contribution in [-0.4, -0.2) is 41.2 Å². The number of carbonyl (C=O) groups excluding carboxylic acids is 4. The maximum atomic E-state index is 12.3. The summed E-state index contributed by atoms with van der Waals surface area (Å²) in [5.74, 6) is -1.71. The number of ketones is 1. The number of carbonyl (C=O) groups is 4. The van der Waals surface area contributed by atoms with Crippen molar-refractivity contribution in [1.82, 2.24) is 10.3 Å². The Kier molecular flexibility index (Phi) is 5.81. The molecule has 3 N–H and O–H groups in total. The third-order valence-electron chi connectivity index (χ3n) is 4.69. The van der Waals surface area contributed by atoms with Gasteiger partial charge in [0.05, 0.1) is 11.3 Å². The van der Waals surface area contributed by atoms with Crippen molar-refractivity contribution in [2.24, 2.45) is 0 Å². The normalized spacial score (nSPS) is 12.9. The van der Waals surface area contributed by atoms with Crippen LogP contribution < -0.4 is 10.6 Å². The molecule has 152 valence electrons. The number of amides is 2. The van der Waals surface area contributed by atoms with E-state index >= 15 is 0 Å². The molecule has 2 amide bonds. The molecule has 0 saturated heterocycles. The number of nitrogens with one attached hydrogen (secondary N) is 3. The first-order valence-electron chi connectivity index (χ1n) is 9.35. The van der Waals surface area contributed by atoms with Crippen LogP contribution in [0.3, 0.4) is 0 Å². The van der Waals surface area contributed by atoms with Crippen LogP contribution in [0.4, 0.5) is 5.69 Å². The van der Waals surface area contributed by atoms with Gasteiger partial charge in [-0.2, -0.15) is 0 Å². The van der Waals surface area contributed by atoms with Gasteiger partial charge in [-0.1, -0.05) is 12.1 Å². The molecule has 0 radical (unpaired) electrons. The van der Waals surface area contributed by atoms with E-state index in [4.69, 9.17) is 4.74 Å². The van der Waals surface area contributed by atoms with E-state index in [2.05, 4.69) is 15.6 Å². The molecule has 2 aromatic rings. The molecule has 0 aliphatic heterocycles. The second-order valence-electron chi connectivity index (χ2n) is 7.10. The zero-order valence-corrected chi connectivity index (χ0v) is 16.5. The number of hydrogen-bond acceptors (Lipinski definition) is 5. The zero-order chi connectivity index (χ0) is 21.1. The van der Waals surface area contributed by atoms with Gasteiger partial charge in [0.25, 0.3) is 11.8 Å². The largest absolute Gasteiger partial charge is 0.451 e. The van der Waals surface area contributed by atoms with E-state index in [9.17, 15) is 19.2 Å². The van der Waals surface area contributed by atoms with Crippen LogP contribution in [-0.2, 0) is 9.53 Å². The van der Waals surface area contributed by atoms with Gasteiger partial charge in [0.2, 0.25) is 0 Å². The van der Waals surface area contributed by atoms with Crippen LogP contribution in [0.15, 0.2) is 24.3 Å². The molecular weight excluding hydrogens is 374 g/mol. The minimum atomic E-state index is -0.729. The van der Waals surface area contributed by atoms with Crippen LogP contribution in [0.25, 0.3) is 0 Å².